The number of ether oxygens (including phenoxy) is 1. The fourth-order valence-corrected chi connectivity index (χ4v) is 2.96. The second kappa shape index (κ2) is 7.66. The van der Waals surface area contributed by atoms with Gasteiger partial charge in [0.1, 0.15) is 11.6 Å². The second-order valence-corrected chi connectivity index (χ2v) is 6.47. The van der Waals surface area contributed by atoms with E-state index < -0.39 is 0 Å². The van der Waals surface area contributed by atoms with E-state index in [0.29, 0.717) is 5.92 Å². The lowest BCUT2D eigenvalue weighted by molar-refractivity contribution is -0.127. The highest BCUT2D eigenvalue weighted by atomic mass is 19.1. The largest absolute Gasteiger partial charge is 0.497 e. The van der Waals surface area contributed by atoms with Gasteiger partial charge in [-0.05, 0) is 54.4 Å². The highest BCUT2D eigenvalue weighted by Crippen LogP contribution is 2.26. The smallest absolute Gasteiger partial charge is 0.223 e. The van der Waals surface area contributed by atoms with Crippen LogP contribution in [0.25, 0.3) is 0 Å². The Bertz CT molecular complexity index is 711. The minimum absolute atomic E-state index is 0.0108. The lowest BCUT2D eigenvalue weighted by Gasteiger charge is -2.33. The van der Waals surface area contributed by atoms with E-state index in [9.17, 15) is 9.18 Å². The van der Waals surface area contributed by atoms with Gasteiger partial charge in [-0.15, -0.1) is 0 Å². The zero-order valence-electron chi connectivity index (χ0n) is 14.5. The van der Waals surface area contributed by atoms with Crippen molar-refractivity contribution in [1.29, 1.82) is 0 Å². The molecule has 0 aliphatic carbocycles. The number of methoxy groups -OCH3 is 1. The lowest BCUT2D eigenvalue weighted by atomic mass is 9.87. The normalized spacial score (nSPS) is 16.6. The molecule has 2 atom stereocenters. The van der Waals surface area contributed by atoms with Crippen LogP contribution in [0.2, 0.25) is 0 Å². The van der Waals surface area contributed by atoms with E-state index in [1.54, 1.807) is 19.2 Å². The summed E-state index contributed by atoms with van der Waals surface area (Å²) < 4.78 is 18.5. The fourth-order valence-electron chi connectivity index (χ4n) is 2.96. The first-order valence-electron chi connectivity index (χ1n) is 8.49. The minimum Gasteiger partial charge on any atom is -0.497 e. The second-order valence-electron chi connectivity index (χ2n) is 6.47. The molecule has 0 spiro atoms. The van der Waals surface area contributed by atoms with Crippen LogP contribution in [0.5, 0.6) is 5.75 Å². The lowest BCUT2D eigenvalue weighted by Crippen LogP contribution is -2.50. The molecule has 0 radical (unpaired) electrons. The van der Waals surface area contributed by atoms with Gasteiger partial charge in [0.25, 0.3) is 0 Å². The standard InChI is InChI=1S/C20H23FN2O2/c1-13(16-11-22-12-16)20(24)23-19(14-3-7-17(21)8-4-14)15-5-9-18(25-2)10-6-15/h3-10,13,16,19,22H,11-12H2,1-2H3,(H,23,24). The van der Waals surface area contributed by atoms with Crippen LogP contribution in [0, 0.1) is 17.7 Å². The fraction of sp³-hybridized carbons (Fsp3) is 0.350. The highest BCUT2D eigenvalue weighted by Gasteiger charge is 2.30. The van der Waals surface area contributed by atoms with Gasteiger partial charge in [-0.3, -0.25) is 4.79 Å². The van der Waals surface area contributed by atoms with Crippen molar-refractivity contribution in [2.45, 2.75) is 13.0 Å². The molecule has 25 heavy (non-hydrogen) atoms. The molecule has 2 unspecified atom stereocenters. The van der Waals surface area contributed by atoms with E-state index in [1.165, 1.54) is 12.1 Å². The van der Waals surface area contributed by atoms with Crippen molar-refractivity contribution in [2.24, 2.45) is 11.8 Å². The molecule has 1 heterocycles. The first kappa shape index (κ1) is 17.4. The number of hydrogen-bond acceptors (Lipinski definition) is 3. The Hall–Kier alpha value is -2.40. The number of hydrogen-bond donors (Lipinski definition) is 2. The molecule has 1 fully saturated rings. The van der Waals surface area contributed by atoms with Crippen LogP contribution in [0.4, 0.5) is 4.39 Å². The number of rotatable bonds is 6. The van der Waals surface area contributed by atoms with Crippen molar-refractivity contribution < 1.29 is 13.9 Å². The van der Waals surface area contributed by atoms with Crippen molar-refractivity contribution in [2.75, 3.05) is 20.2 Å². The summed E-state index contributed by atoms with van der Waals surface area (Å²) in [6, 6.07) is 13.5. The Balaban J connectivity index is 1.85. The molecule has 2 aromatic rings. The van der Waals surface area contributed by atoms with Crippen molar-refractivity contribution in [3.05, 3.63) is 65.5 Å². The summed E-state index contributed by atoms with van der Waals surface area (Å²) in [6.45, 7) is 3.70. The molecule has 132 valence electrons. The molecule has 1 amide bonds. The summed E-state index contributed by atoms with van der Waals surface area (Å²) in [4.78, 5) is 12.7. The molecule has 2 N–H and O–H groups in total. The first-order chi connectivity index (χ1) is 12.1. The van der Waals surface area contributed by atoms with E-state index in [1.807, 2.05) is 31.2 Å². The summed E-state index contributed by atoms with van der Waals surface area (Å²) in [5, 5.41) is 6.32. The van der Waals surface area contributed by atoms with Crippen LogP contribution < -0.4 is 15.4 Å². The van der Waals surface area contributed by atoms with Gasteiger partial charge in [0.2, 0.25) is 5.91 Å². The molecule has 1 saturated heterocycles. The summed E-state index contributed by atoms with van der Waals surface area (Å²) in [5.41, 5.74) is 1.78. The summed E-state index contributed by atoms with van der Waals surface area (Å²) in [6.07, 6.45) is 0. The molecular formula is C20H23FN2O2. The Morgan fingerprint density at radius 1 is 1.12 bits per heavy atom. The molecular weight excluding hydrogens is 319 g/mol. The number of amides is 1. The number of benzene rings is 2. The Labute approximate surface area is 147 Å². The summed E-state index contributed by atoms with van der Waals surface area (Å²) in [7, 11) is 1.61. The van der Waals surface area contributed by atoms with E-state index in [0.717, 1.165) is 30.0 Å². The number of nitrogens with one attached hydrogen (secondary N) is 2. The molecule has 1 aliphatic rings. The maximum atomic E-state index is 13.3. The van der Waals surface area contributed by atoms with Gasteiger partial charge in [-0.1, -0.05) is 31.2 Å². The van der Waals surface area contributed by atoms with Crippen LogP contribution in [-0.4, -0.2) is 26.1 Å². The molecule has 1 aliphatic heterocycles. The first-order valence-corrected chi connectivity index (χ1v) is 8.49. The zero-order valence-corrected chi connectivity index (χ0v) is 14.5. The van der Waals surface area contributed by atoms with Crippen LogP contribution in [0.1, 0.15) is 24.1 Å². The Morgan fingerprint density at radius 2 is 1.68 bits per heavy atom. The van der Waals surface area contributed by atoms with Gasteiger partial charge in [0.15, 0.2) is 0 Å². The van der Waals surface area contributed by atoms with Gasteiger partial charge < -0.3 is 15.4 Å². The number of carbonyl (C=O) groups is 1. The zero-order chi connectivity index (χ0) is 17.8. The van der Waals surface area contributed by atoms with Crippen molar-refractivity contribution in [3.8, 4) is 5.75 Å². The summed E-state index contributed by atoms with van der Waals surface area (Å²) in [5.74, 6) is 0.767. The molecule has 2 aromatic carbocycles. The molecule has 0 saturated carbocycles. The topological polar surface area (TPSA) is 50.4 Å². The molecule has 0 aromatic heterocycles. The quantitative estimate of drug-likeness (QED) is 0.849. The molecule has 4 nitrogen and oxygen atoms in total. The van der Waals surface area contributed by atoms with E-state index in [4.69, 9.17) is 4.74 Å². The van der Waals surface area contributed by atoms with Gasteiger partial charge in [-0.2, -0.15) is 0 Å². The van der Waals surface area contributed by atoms with Crippen LogP contribution in [0.3, 0.4) is 0 Å². The number of halogens is 1. The maximum Gasteiger partial charge on any atom is 0.223 e. The predicted octanol–water partition coefficient (Wildman–Crippen LogP) is 2.90. The molecule has 3 rings (SSSR count). The maximum absolute atomic E-state index is 13.3. The number of carbonyl (C=O) groups excluding carboxylic acids is 1. The highest BCUT2D eigenvalue weighted by molar-refractivity contribution is 5.79. The third-order valence-electron chi connectivity index (χ3n) is 4.87. The van der Waals surface area contributed by atoms with E-state index in [2.05, 4.69) is 10.6 Å². The van der Waals surface area contributed by atoms with Crippen molar-refractivity contribution in [3.63, 3.8) is 0 Å². The average Bonchev–Trinajstić information content (AvgIpc) is 2.59. The van der Waals surface area contributed by atoms with Crippen LogP contribution >= 0.6 is 0 Å². The SMILES string of the molecule is COc1ccc(C(NC(=O)C(C)C2CNC2)c2ccc(F)cc2)cc1. The Morgan fingerprint density at radius 3 is 2.16 bits per heavy atom. The van der Waals surface area contributed by atoms with Crippen LogP contribution in [-0.2, 0) is 4.79 Å². The van der Waals surface area contributed by atoms with Gasteiger partial charge in [-0.25, -0.2) is 4.39 Å². The van der Waals surface area contributed by atoms with Crippen molar-refractivity contribution in [1.82, 2.24) is 10.6 Å². The third-order valence-corrected chi connectivity index (χ3v) is 4.87. The van der Waals surface area contributed by atoms with Gasteiger partial charge in [0, 0.05) is 5.92 Å². The molecule has 5 heteroatoms. The average molecular weight is 342 g/mol. The van der Waals surface area contributed by atoms with Crippen molar-refractivity contribution >= 4 is 5.91 Å². The summed E-state index contributed by atoms with van der Waals surface area (Å²) >= 11 is 0. The third kappa shape index (κ3) is 3.99. The monoisotopic (exact) mass is 342 g/mol. The minimum atomic E-state index is -0.325. The molecule has 0 bridgehead atoms. The van der Waals surface area contributed by atoms with Crippen LogP contribution in [0.15, 0.2) is 48.5 Å². The Kier molecular flexibility index (Phi) is 5.34. The van der Waals surface area contributed by atoms with E-state index >= 15 is 0 Å². The van der Waals surface area contributed by atoms with E-state index in [-0.39, 0.29) is 23.7 Å². The predicted molar refractivity (Wildman–Crippen MR) is 94.9 cm³/mol. The van der Waals surface area contributed by atoms with Gasteiger partial charge in [0.05, 0.1) is 13.2 Å². The van der Waals surface area contributed by atoms with Gasteiger partial charge >= 0.3 is 0 Å².